The van der Waals surface area contributed by atoms with Crippen LogP contribution in [-0.4, -0.2) is 46.7 Å². The molecule has 2 heterocycles. The molecule has 0 bridgehead atoms. The molecule has 4 N–H and O–H groups in total. The van der Waals surface area contributed by atoms with Crippen LogP contribution in [0.2, 0.25) is 0 Å². The van der Waals surface area contributed by atoms with Crippen molar-refractivity contribution in [1.29, 1.82) is 0 Å². The largest absolute Gasteiger partial charge is 0.326 e. The predicted octanol–water partition coefficient (Wildman–Crippen LogP) is 0.305. The van der Waals surface area contributed by atoms with Crippen LogP contribution in [0.3, 0.4) is 0 Å². The van der Waals surface area contributed by atoms with E-state index in [0.29, 0.717) is 12.1 Å². The molecule has 1 saturated heterocycles. The van der Waals surface area contributed by atoms with Crippen molar-refractivity contribution in [3.05, 3.63) is 34.9 Å². The summed E-state index contributed by atoms with van der Waals surface area (Å²) in [6.07, 6.45) is 1.06. The minimum absolute atomic E-state index is 0.108. The minimum Gasteiger partial charge on any atom is -0.326 e. The van der Waals surface area contributed by atoms with Gasteiger partial charge < -0.3 is 11.1 Å². The third kappa shape index (κ3) is 4.06. The number of benzene rings is 1. The smallest absolute Gasteiger partial charge is 0.262 e. The van der Waals surface area contributed by atoms with Gasteiger partial charge in [-0.05, 0) is 50.9 Å². The summed E-state index contributed by atoms with van der Waals surface area (Å²) in [7, 11) is 0. The van der Waals surface area contributed by atoms with Gasteiger partial charge in [0, 0.05) is 18.5 Å². The molecule has 144 valence electrons. The first-order valence-electron chi connectivity index (χ1n) is 9.01. The topological polar surface area (TPSA) is 122 Å². The first kappa shape index (κ1) is 19.2. The second kappa shape index (κ2) is 7.21. The summed E-state index contributed by atoms with van der Waals surface area (Å²) >= 11 is 0. The van der Waals surface area contributed by atoms with Crippen LogP contribution >= 0.6 is 0 Å². The number of nitrogens with two attached hydrogens (primary N) is 1. The number of nitrogens with one attached hydrogen (secondary N) is 2. The molecule has 4 amide bonds. The molecule has 0 aromatic heterocycles. The van der Waals surface area contributed by atoms with E-state index < -0.39 is 23.8 Å². The molecule has 1 fully saturated rings. The lowest BCUT2D eigenvalue weighted by molar-refractivity contribution is -0.136. The van der Waals surface area contributed by atoms with Crippen molar-refractivity contribution in [3.63, 3.8) is 0 Å². The van der Waals surface area contributed by atoms with Crippen molar-refractivity contribution in [2.75, 3.05) is 6.54 Å². The summed E-state index contributed by atoms with van der Waals surface area (Å²) in [4.78, 5) is 49.7. The summed E-state index contributed by atoms with van der Waals surface area (Å²) in [5, 5.41) is 5.46. The van der Waals surface area contributed by atoms with E-state index >= 15 is 0 Å². The maximum absolute atomic E-state index is 12.8. The SMILES string of the molecule is CC(C)(N)CCNCc1ccc2c(c1)C(=O)N(C1CCC(=O)NC1=O)C2=O. The zero-order valence-corrected chi connectivity index (χ0v) is 15.5. The molecule has 0 radical (unpaired) electrons. The van der Waals surface area contributed by atoms with Gasteiger partial charge in [0.25, 0.3) is 11.8 Å². The molecule has 1 aromatic rings. The van der Waals surface area contributed by atoms with Gasteiger partial charge in [-0.3, -0.25) is 29.4 Å². The Morgan fingerprint density at radius 3 is 2.56 bits per heavy atom. The Labute approximate surface area is 157 Å². The van der Waals surface area contributed by atoms with Crippen molar-refractivity contribution in [1.82, 2.24) is 15.5 Å². The lowest BCUT2D eigenvalue weighted by Gasteiger charge is -2.27. The normalized spacial score (nSPS) is 20.1. The van der Waals surface area contributed by atoms with Crippen molar-refractivity contribution in [2.24, 2.45) is 5.73 Å². The Morgan fingerprint density at radius 1 is 1.19 bits per heavy atom. The number of fused-ring (bicyclic) bond motifs is 1. The highest BCUT2D eigenvalue weighted by Gasteiger charge is 2.44. The van der Waals surface area contributed by atoms with Gasteiger partial charge in [0.05, 0.1) is 11.1 Å². The van der Waals surface area contributed by atoms with E-state index in [-0.39, 0.29) is 29.9 Å². The van der Waals surface area contributed by atoms with E-state index in [0.717, 1.165) is 23.4 Å². The van der Waals surface area contributed by atoms with Crippen LogP contribution in [0.1, 0.15) is 59.4 Å². The molecule has 2 aliphatic rings. The maximum Gasteiger partial charge on any atom is 0.262 e. The molecule has 8 nitrogen and oxygen atoms in total. The van der Waals surface area contributed by atoms with E-state index in [1.807, 2.05) is 13.8 Å². The number of rotatable bonds is 6. The average Bonchev–Trinajstić information content (AvgIpc) is 2.82. The molecular formula is C19H24N4O4. The Balaban J connectivity index is 1.71. The summed E-state index contributed by atoms with van der Waals surface area (Å²) < 4.78 is 0. The van der Waals surface area contributed by atoms with Gasteiger partial charge in [-0.2, -0.15) is 0 Å². The zero-order valence-electron chi connectivity index (χ0n) is 15.5. The molecule has 27 heavy (non-hydrogen) atoms. The number of hydrogen-bond donors (Lipinski definition) is 3. The van der Waals surface area contributed by atoms with E-state index in [9.17, 15) is 19.2 Å². The van der Waals surface area contributed by atoms with E-state index in [2.05, 4.69) is 10.6 Å². The van der Waals surface area contributed by atoms with Crippen molar-refractivity contribution < 1.29 is 19.2 Å². The van der Waals surface area contributed by atoms with Crippen molar-refractivity contribution in [2.45, 2.75) is 51.2 Å². The minimum atomic E-state index is -0.941. The summed E-state index contributed by atoms with van der Waals surface area (Å²) in [5.41, 5.74) is 7.15. The van der Waals surface area contributed by atoms with Crippen molar-refractivity contribution in [3.8, 4) is 0 Å². The standard InChI is InChI=1S/C19H24N4O4/c1-19(2,20)7-8-21-10-11-3-4-12-13(9-11)18(27)23(17(12)26)14-5-6-15(24)22-16(14)25/h3-4,9,14,21H,5-8,10,20H2,1-2H3,(H,22,24,25). The molecular weight excluding hydrogens is 348 g/mol. The summed E-state index contributed by atoms with van der Waals surface area (Å²) in [6.45, 7) is 5.19. The van der Waals surface area contributed by atoms with E-state index in [4.69, 9.17) is 5.73 Å². The van der Waals surface area contributed by atoms with Crippen LogP contribution in [0.25, 0.3) is 0 Å². The maximum atomic E-state index is 12.8. The fraction of sp³-hybridized carbons (Fsp3) is 0.474. The van der Waals surface area contributed by atoms with Crippen LogP contribution in [-0.2, 0) is 16.1 Å². The van der Waals surface area contributed by atoms with Crippen LogP contribution in [0.5, 0.6) is 0 Å². The number of hydrogen-bond acceptors (Lipinski definition) is 6. The molecule has 3 rings (SSSR count). The third-order valence-electron chi connectivity index (χ3n) is 4.78. The number of nitrogens with zero attached hydrogens (tertiary/aromatic N) is 1. The number of carbonyl (C=O) groups is 4. The van der Waals surface area contributed by atoms with Gasteiger partial charge in [0.15, 0.2) is 0 Å². The van der Waals surface area contributed by atoms with Crippen molar-refractivity contribution >= 4 is 23.6 Å². The Morgan fingerprint density at radius 2 is 1.89 bits per heavy atom. The lowest BCUT2D eigenvalue weighted by atomic mass is 10.0. The van der Waals surface area contributed by atoms with Gasteiger partial charge in [-0.25, -0.2) is 0 Å². The Hall–Kier alpha value is -2.58. The first-order chi connectivity index (χ1) is 12.7. The first-order valence-corrected chi connectivity index (χ1v) is 9.01. The van der Waals surface area contributed by atoms with Gasteiger partial charge in [0.2, 0.25) is 11.8 Å². The van der Waals surface area contributed by atoms with Gasteiger partial charge in [0.1, 0.15) is 6.04 Å². The molecule has 0 spiro atoms. The zero-order chi connectivity index (χ0) is 19.8. The molecule has 8 heteroatoms. The Kier molecular flexibility index (Phi) is 5.12. The Bertz CT molecular complexity index is 812. The molecule has 1 atom stereocenters. The number of carbonyl (C=O) groups excluding carboxylic acids is 4. The summed E-state index contributed by atoms with van der Waals surface area (Å²) in [5.74, 6) is -1.97. The van der Waals surface area contributed by atoms with Gasteiger partial charge in [-0.1, -0.05) is 6.07 Å². The molecule has 0 aliphatic carbocycles. The van der Waals surface area contributed by atoms with Crippen LogP contribution in [0.4, 0.5) is 0 Å². The second-order valence-corrected chi connectivity index (χ2v) is 7.74. The molecule has 1 aromatic carbocycles. The van der Waals surface area contributed by atoms with E-state index in [1.165, 1.54) is 0 Å². The second-order valence-electron chi connectivity index (χ2n) is 7.74. The fourth-order valence-corrected chi connectivity index (χ4v) is 3.27. The van der Waals surface area contributed by atoms with E-state index in [1.54, 1.807) is 18.2 Å². The predicted molar refractivity (Wildman–Crippen MR) is 97.7 cm³/mol. The van der Waals surface area contributed by atoms with Crippen LogP contribution in [0.15, 0.2) is 18.2 Å². The average molecular weight is 372 g/mol. The molecule has 0 saturated carbocycles. The fourth-order valence-electron chi connectivity index (χ4n) is 3.27. The monoisotopic (exact) mass is 372 g/mol. The highest BCUT2D eigenvalue weighted by Crippen LogP contribution is 2.28. The molecule has 1 unspecified atom stereocenters. The van der Waals surface area contributed by atoms with Gasteiger partial charge >= 0.3 is 0 Å². The van der Waals surface area contributed by atoms with Crippen LogP contribution in [0, 0.1) is 0 Å². The number of amides is 4. The lowest BCUT2D eigenvalue weighted by Crippen LogP contribution is -2.54. The highest BCUT2D eigenvalue weighted by atomic mass is 16.2. The summed E-state index contributed by atoms with van der Waals surface area (Å²) in [6, 6.07) is 4.15. The third-order valence-corrected chi connectivity index (χ3v) is 4.78. The van der Waals surface area contributed by atoms with Crippen LogP contribution < -0.4 is 16.4 Å². The quantitative estimate of drug-likeness (QED) is 0.488. The highest BCUT2D eigenvalue weighted by molar-refractivity contribution is 6.23. The van der Waals surface area contributed by atoms with Gasteiger partial charge in [-0.15, -0.1) is 0 Å². The number of imide groups is 2. The number of piperidine rings is 1. The molecule has 2 aliphatic heterocycles.